The second-order valence-corrected chi connectivity index (χ2v) is 6.41. The number of aliphatic carboxylic acids is 1. The molecular formula is C14H26N2O3. The van der Waals surface area contributed by atoms with E-state index in [1.54, 1.807) is 23.8 Å². The van der Waals surface area contributed by atoms with E-state index in [1.165, 1.54) is 0 Å². The summed E-state index contributed by atoms with van der Waals surface area (Å²) in [4.78, 5) is 26.9. The van der Waals surface area contributed by atoms with Gasteiger partial charge in [-0.25, -0.2) is 4.79 Å². The quantitative estimate of drug-likeness (QED) is 0.852. The molecule has 0 saturated carbocycles. The summed E-state index contributed by atoms with van der Waals surface area (Å²) in [6, 6.07) is 0.113. The number of carboxylic acid groups (broad SMARTS) is 1. The molecule has 1 rings (SSSR count). The molecule has 2 atom stereocenters. The largest absolute Gasteiger partial charge is 0.481 e. The molecule has 5 nitrogen and oxygen atoms in total. The Labute approximate surface area is 115 Å². The number of carboxylic acids is 1. The van der Waals surface area contributed by atoms with Crippen LogP contribution in [0.15, 0.2) is 0 Å². The van der Waals surface area contributed by atoms with Crippen LogP contribution in [0.5, 0.6) is 0 Å². The molecular weight excluding hydrogens is 244 g/mol. The minimum absolute atomic E-state index is 0.0573. The van der Waals surface area contributed by atoms with Gasteiger partial charge in [-0.05, 0) is 32.6 Å². The first kappa shape index (κ1) is 15.8. The Morgan fingerprint density at radius 3 is 2.37 bits per heavy atom. The fraction of sp³-hybridized carbons (Fsp3) is 0.857. The van der Waals surface area contributed by atoms with Crippen LogP contribution in [0.1, 0.15) is 40.5 Å². The number of carbonyl (C=O) groups excluding carboxylic acids is 1. The molecule has 110 valence electrons. The highest BCUT2D eigenvalue weighted by Crippen LogP contribution is 2.30. The van der Waals surface area contributed by atoms with Gasteiger partial charge in [-0.2, -0.15) is 0 Å². The van der Waals surface area contributed by atoms with Gasteiger partial charge in [0.05, 0.1) is 5.41 Å². The van der Waals surface area contributed by atoms with Crippen molar-refractivity contribution in [3.05, 3.63) is 0 Å². The molecule has 1 saturated heterocycles. The summed E-state index contributed by atoms with van der Waals surface area (Å²) >= 11 is 0. The van der Waals surface area contributed by atoms with Crippen molar-refractivity contribution in [2.75, 3.05) is 20.1 Å². The van der Waals surface area contributed by atoms with Crippen LogP contribution in [-0.2, 0) is 4.79 Å². The van der Waals surface area contributed by atoms with Gasteiger partial charge in [0.1, 0.15) is 0 Å². The molecule has 0 aromatic carbocycles. The van der Waals surface area contributed by atoms with Crippen molar-refractivity contribution in [1.29, 1.82) is 0 Å². The van der Waals surface area contributed by atoms with Crippen molar-refractivity contribution in [3.63, 3.8) is 0 Å². The van der Waals surface area contributed by atoms with Crippen molar-refractivity contribution < 1.29 is 14.7 Å². The highest BCUT2D eigenvalue weighted by molar-refractivity contribution is 5.79. The molecule has 1 heterocycles. The van der Waals surface area contributed by atoms with Crippen molar-refractivity contribution in [2.24, 2.45) is 11.3 Å². The topological polar surface area (TPSA) is 60.9 Å². The number of hydrogen-bond donors (Lipinski definition) is 1. The van der Waals surface area contributed by atoms with E-state index in [4.69, 9.17) is 0 Å². The summed E-state index contributed by atoms with van der Waals surface area (Å²) in [5, 5.41) is 9.19. The molecule has 1 N–H and O–H groups in total. The Morgan fingerprint density at radius 1 is 1.37 bits per heavy atom. The van der Waals surface area contributed by atoms with Gasteiger partial charge < -0.3 is 14.9 Å². The highest BCUT2D eigenvalue weighted by atomic mass is 16.4. The van der Waals surface area contributed by atoms with Crippen LogP contribution in [0.3, 0.4) is 0 Å². The normalized spacial score (nSPS) is 24.6. The number of nitrogens with zero attached hydrogens (tertiary/aromatic N) is 2. The number of likely N-dealkylation sites (tertiary alicyclic amines) is 1. The Morgan fingerprint density at radius 2 is 1.95 bits per heavy atom. The van der Waals surface area contributed by atoms with Crippen LogP contribution < -0.4 is 0 Å². The van der Waals surface area contributed by atoms with Gasteiger partial charge in [-0.1, -0.05) is 13.8 Å². The molecule has 1 fully saturated rings. The fourth-order valence-electron chi connectivity index (χ4n) is 2.55. The molecule has 0 spiro atoms. The molecule has 1 aliphatic heterocycles. The number of carbonyl (C=O) groups is 2. The monoisotopic (exact) mass is 270 g/mol. The predicted molar refractivity (Wildman–Crippen MR) is 74.0 cm³/mol. The average Bonchev–Trinajstić information content (AvgIpc) is 2.70. The molecule has 1 aliphatic rings. The zero-order valence-corrected chi connectivity index (χ0v) is 12.6. The van der Waals surface area contributed by atoms with Gasteiger partial charge in [0.25, 0.3) is 0 Å². The van der Waals surface area contributed by atoms with Crippen LogP contribution in [0.4, 0.5) is 4.79 Å². The summed E-state index contributed by atoms with van der Waals surface area (Å²) < 4.78 is 0. The second kappa shape index (κ2) is 5.80. The Kier molecular flexibility index (Phi) is 4.82. The molecule has 5 heteroatoms. The van der Waals surface area contributed by atoms with Gasteiger partial charge >= 0.3 is 12.0 Å². The Bertz CT molecular complexity index is 357. The zero-order chi connectivity index (χ0) is 14.8. The molecule has 0 bridgehead atoms. The van der Waals surface area contributed by atoms with Crippen molar-refractivity contribution >= 4 is 12.0 Å². The first-order valence-electron chi connectivity index (χ1n) is 6.92. The lowest BCUT2D eigenvalue weighted by Crippen LogP contribution is -2.45. The van der Waals surface area contributed by atoms with E-state index in [1.807, 2.05) is 6.92 Å². The van der Waals surface area contributed by atoms with E-state index >= 15 is 0 Å². The summed E-state index contributed by atoms with van der Waals surface area (Å²) in [7, 11) is 1.80. The number of amides is 2. The van der Waals surface area contributed by atoms with E-state index in [-0.39, 0.29) is 12.1 Å². The maximum atomic E-state index is 12.3. The first-order chi connectivity index (χ1) is 8.67. The van der Waals surface area contributed by atoms with Gasteiger partial charge in [0, 0.05) is 26.2 Å². The zero-order valence-electron chi connectivity index (χ0n) is 12.6. The Balaban J connectivity index is 2.62. The van der Waals surface area contributed by atoms with Crippen molar-refractivity contribution in [3.8, 4) is 0 Å². The summed E-state index contributed by atoms with van der Waals surface area (Å²) in [6.07, 6.45) is 1.48. The van der Waals surface area contributed by atoms with Crippen LogP contribution in [0.25, 0.3) is 0 Å². The third kappa shape index (κ3) is 3.61. The number of rotatable bonds is 4. The molecule has 0 aromatic heterocycles. The molecule has 2 unspecified atom stereocenters. The SMILES string of the molecule is CC(C)CC(C)N(C)C(=O)N1CCC(C)(C(=O)O)C1. The average molecular weight is 270 g/mol. The highest BCUT2D eigenvalue weighted by Gasteiger charge is 2.43. The molecule has 2 amide bonds. The summed E-state index contributed by atoms with van der Waals surface area (Å²) in [5.41, 5.74) is -0.794. The van der Waals surface area contributed by atoms with Gasteiger partial charge in [0.2, 0.25) is 0 Å². The number of urea groups is 1. The minimum Gasteiger partial charge on any atom is -0.481 e. The van der Waals surface area contributed by atoms with Crippen LogP contribution in [-0.4, -0.2) is 53.1 Å². The maximum Gasteiger partial charge on any atom is 0.320 e. The van der Waals surface area contributed by atoms with Crippen LogP contribution in [0.2, 0.25) is 0 Å². The molecule has 0 radical (unpaired) electrons. The van der Waals surface area contributed by atoms with Crippen molar-refractivity contribution in [2.45, 2.75) is 46.6 Å². The van der Waals surface area contributed by atoms with E-state index in [9.17, 15) is 14.7 Å². The summed E-state index contributed by atoms with van der Waals surface area (Å²) in [6.45, 7) is 8.84. The number of hydrogen-bond acceptors (Lipinski definition) is 2. The van der Waals surface area contributed by atoms with E-state index in [2.05, 4.69) is 13.8 Å². The third-order valence-corrected chi connectivity index (χ3v) is 4.04. The van der Waals surface area contributed by atoms with E-state index in [0.29, 0.717) is 25.4 Å². The van der Waals surface area contributed by atoms with Crippen LogP contribution in [0, 0.1) is 11.3 Å². The summed E-state index contributed by atoms with van der Waals surface area (Å²) in [5.74, 6) is -0.284. The van der Waals surface area contributed by atoms with Gasteiger partial charge in [-0.15, -0.1) is 0 Å². The van der Waals surface area contributed by atoms with Gasteiger partial charge in [-0.3, -0.25) is 4.79 Å². The minimum atomic E-state index is -0.819. The molecule has 0 aromatic rings. The second-order valence-electron chi connectivity index (χ2n) is 6.41. The lowest BCUT2D eigenvalue weighted by atomic mass is 9.90. The standard InChI is InChI=1S/C14H26N2O3/c1-10(2)8-11(3)15(5)13(19)16-7-6-14(4,9-16)12(17)18/h10-11H,6-9H2,1-5H3,(H,17,18). The third-order valence-electron chi connectivity index (χ3n) is 4.04. The lowest BCUT2D eigenvalue weighted by molar-refractivity contribution is -0.147. The Hall–Kier alpha value is -1.26. The van der Waals surface area contributed by atoms with Crippen LogP contribution >= 0.6 is 0 Å². The molecule has 19 heavy (non-hydrogen) atoms. The lowest BCUT2D eigenvalue weighted by Gasteiger charge is -2.31. The fourth-order valence-corrected chi connectivity index (χ4v) is 2.55. The van der Waals surface area contributed by atoms with E-state index < -0.39 is 11.4 Å². The maximum absolute atomic E-state index is 12.3. The van der Waals surface area contributed by atoms with E-state index in [0.717, 1.165) is 6.42 Å². The smallest absolute Gasteiger partial charge is 0.320 e. The first-order valence-corrected chi connectivity index (χ1v) is 6.92. The predicted octanol–water partition coefficient (Wildman–Crippen LogP) is 2.27. The van der Waals surface area contributed by atoms with Crippen molar-refractivity contribution in [1.82, 2.24) is 9.80 Å². The van der Waals surface area contributed by atoms with Gasteiger partial charge in [0.15, 0.2) is 0 Å². The molecule has 0 aliphatic carbocycles.